The Morgan fingerprint density at radius 3 is 2.43 bits per heavy atom. The lowest BCUT2D eigenvalue weighted by molar-refractivity contribution is -0.392. The maximum Gasteiger partial charge on any atom is 0.394 e. The second kappa shape index (κ2) is 7.99. The molecule has 0 saturated carbocycles. The summed E-state index contributed by atoms with van der Waals surface area (Å²) in [5.41, 5.74) is 0. The van der Waals surface area contributed by atoms with Crippen LogP contribution in [0.25, 0.3) is 0 Å². The van der Waals surface area contributed by atoms with Gasteiger partial charge in [0, 0.05) is 19.6 Å². The van der Waals surface area contributed by atoms with Crippen molar-refractivity contribution in [3.63, 3.8) is 0 Å². The van der Waals surface area contributed by atoms with Crippen LogP contribution in [-0.2, 0) is 21.7 Å². The highest BCUT2D eigenvalue weighted by molar-refractivity contribution is 7.79. The quantitative estimate of drug-likeness (QED) is 0.423. The maximum absolute atomic E-state index is 10.6. The summed E-state index contributed by atoms with van der Waals surface area (Å²) in [4.78, 5) is 16.2. The molecule has 0 bridgehead atoms. The van der Waals surface area contributed by atoms with Crippen molar-refractivity contribution < 1.29 is 27.2 Å². The van der Waals surface area contributed by atoms with Crippen LogP contribution in [0.5, 0.6) is 0 Å². The number of nitro groups is 1. The number of aromatic nitrogens is 2. The van der Waals surface area contributed by atoms with E-state index in [-0.39, 0.29) is 5.82 Å². The van der Waals surface area contributed by atoms with Gasteiger partial charge in [-0.3, -0.25) is 14.0 Å². The van der Waals surface area contributed by atoms with Crippen molar-refractivity contribution in [3.05, 3.63) is 22.6 Å². The average Bonchev–Trinajstić information content (AvgIpc) is 2.84. The molecule has 0 amide bonds. The Bertz CT molecular complexity index is 544. The van der Waals surface area contributed by atoms with E-state index in [0.29, 0.717) is 6.54 Å². The lowest BCUT2D eigenvalue weighted by Gasteiger charge is -2.25. The second-order valence-electron chi connectivity index (χ2n) is 4.10. The van der Waals surface area contributed by atoms with Crippen LogP contribution in [0.1, 0.15) is 0 Å². The van der Waals surface area contributed by atoms with Gasteiger partial charge in [-0.05, 0) is 4.92 Å². The number of nitrogens with zero attached hydrogens (tertiary/aromatic N) is 4. The number of hydrogen-bond acceptors (Lipinski definition) is 7. The largest absolute Gasteiger partial charge is 0.394 e. The molecule has 2 heterocycles. The molecule has 11 nitrogen and oxygen atoms in total. The number of imidazole rings is 1. The summed E-state index contributed by atoms with van der Waals surface area (Å²) in [7, 11) is -4.67. The van der Waals surface area contributed by atoms with Gasteiger partial charge in [0.05, 0.1) is 13.2 Å². The predicted octanol–water partition coefficient (Wildman–Crippen LogP) is -0.529. The molecule has 0 radical (unpaired) electrons. The van der Waals surface area contributed by atoms with Crippen LogP contribution in [0.4, 0.5) is 5.82 Å². The molecule has 2 rings (SSSR count). The van der Waals surface area contributed by atoms with Gasteiger partial charge in [-0.2, -0.15) is 8.42 Å². The summed E-state index contributed by atoms with van der Waals surface area (Å²) in [5, 5.41) is 10.6. The smallest absolute Gasteiger partial charge is 0.379 e. The van der Waals surface area contributed by atoms with Crippen molar-refractivity contribution in [3.8, 4) is 0 Å². The standard InChI is InChI=1S/C9H14N4O3.H2O4S/c14-13(15)9-7-10-8-12(9)2-1-11-3-5-16-6-4-11;1-5(2,3)4/h7-8H,1-6H2;(H2,1,2,3,4). The van der Waals surface area contributed by atoms with Gasteiger partial charge in [0.25, 0.3) is 0 Å². The van der Waals surface area contributed by atoms with Crippen LogP contribution in [0.2, 0.25) is 0 Å². The first-order chi connectivity index (χ1) is 9.77. The lowest BCUT2D eigenvalue weighted by Crippen LogP contribution is -2.38. The van der Waals surface area contributed by atoms with Crippen LogP contribution < -0.4 is 0 Å². The first-order valence-electron chi connectivity index (χ1n) is 5.92. The molecular weight excluding hydrogens is 308 g/mol. The molecule has 1 fully saturated rings. The fraction of sp³-hybridized carbons (Fsp3) is 0.667. The maximum atomic E-state index is 10.6. The van der Waals surface area contributed by atoms with E-state index in [9.17, 15) is 10.1 Å². The molecule has 1 aliphatic rings. The van der Waals surface area contributed by atoms with Crippen molar-refractivity contribution in [2.24, 2.45) is 0 Å². The highest BCUT2D eigenvalue weighted by Gasteiger charge is 2.15. The van der Waals surface area contributed by atoms with E-state index < -0.39 is 15.3 Å². The van der Waals surface area contributed by atoms with Crippen LogP contribution >= 0.6 is 0 Å². The van der Waals surface area contributed by atoms with E-state index in [4.69, 9.17) is 22.3 Å². The number of ether oxygens (including phenoxy) is 1. The molecule has 21 heavy (non-hydrogen) atoms. The number of hydrogen-bond donors (Lipinski definition) is 2. The van der Waals surface area contributed by atoms with Gasteiger partial charge >= 0.3 is 16.2 Å². The van der Waals surface area contributed by atoms with Crippen molar-refractivity contribution in [2.45, 2.75) is 6.54 Å². The van der Waals surface area contributed by atoms with Crippen molar-refractivity contribution in [1.29, 1.82) is 0 Å². The van der Waals surface area contributed by atoms with Gasteiger partial charge < -0.3 is 14.9 Å². The molecule has 1 saturated heterocycles. The first kappa shape index (κ1) is 17.5. The summed E-state index contributed by atoms with van der Waals surface area (Å²) < 4.78 is 38.4. The molecule has 0 spiro atoms. The molecule has 0 unspecified atom stereocenters. The van der Waals surface area contributed by atoms with E-state index in [1.807, 2.05) is 0 Å². The van der Waals surface area contributed by atoms with Gasteiger partial charge in [-0.1, -0.05) is 0 Å². The average molecular weight is 324 g/mol. The highest BCUT2D eigenvalue weighted by atomic mass is 32.3. The first-order valence-corrected chi connectivity index (χ1v) is 7.31. The summed E-state index contributed by atoms with van der Waals surface area (Å²) in [6.07, 6.45) is 2.78. The molecule has 0 aliphatic carbocycles. The molecular formula is C9H16N4O7S. The van der Waals surface area contributed by atoms with E-state index in [2.05, 4.69) is 9.88 Å². The second-order valence-corrected chi connectivity index (χ2v) is 5.00. The van der Waals surface area contributed by atoms with Gasteiger partial charge in [0.15, 0.2) is 6.33 Å². The van der Waals surface area contributed by atoms with E-state index in [0.717, 1.165) is 32.8 Å². The topological polar surface area (TPSA) is 148 Å². The lowest BCUT2D eigenvalue weighted by atomic mass is 10.4. The molecule has 1 aromatic heterocycles. The Labute approximate surface area is 120 Å². The zero-order valence-electron chi connectivity index (χ0n) is 11.0. The highest BCUT2D eigenvalue weighted by Crippen LogP contribution is 2.09. The molecule has 0 aromatic carbocycles. The van der Waals surface area contributed by atoms with Crippen molar-refractivity contribution in [1.82, 2.24) is 14.5 Å². The molecule has 0 atom stereocenters. The van der Waals surface area contributed by atoms with Gasteiger partial charge in [0.2, 0.25) is 0 Å². The van der Waals surface area contributed by atoms with Gasteiger partial charge in [-0.25, -0.2) is 9.55 Å². The fourth-order valence-electron chi connectivity index (χ4n) is 1.71. The summed E-state index contributed by atoms with van der Waals surface area (Å²) in [5.74, 6) is 0.0493. The SMILES string of the molecule is O=S(=O)(O)O.O=[N+]([O-])c1cncn1CCN1CCOCC1. The third kappa shape index (κ3) is 7.67. The third-order valence-corrected chi connectivity index (χ3v) is 2.64. The number of morpholine rings is 1. The van der Waals surface area contributed by atoms with Crippen LogP contribution in [-0.4, -0.2) is 69.7 Å². The minimum absolute atomic E-state index is 0.0493. The van der Waals surface area contributed by atoms with Crippen molar-refractivity contribution >= 4 is 16.2 Å². The molecule has 120 valence electrons. The summed E-state index contributed by atoms with van der Waals surface area (Å²) in [6.45, 7) is 4.65. The molecule has 2 N–H and O–H groups in total. The Balaban J connectivity index is 0.000000383. The minimum Gasteiger partial charge on any atom is -0.379 e. The Morgan fingerprint density at radius 2 is 1.90 bits per heavy atom. The molecule has 1 aromatic rings. The predicted molar refractivity (Wildman–Crippen MR) is 70.3 cm³/mol. The summed E-state index contributed by atoms with van der Waals surface area (Å²) >= 11 is 0. The van der Waals surface area contributed by atoms with Crippen LogP contribution in [0.15, 0.2) is 12.5 Å². The monoisotopic (exact) mass is 324 g/mol. The van der Waals surface area contributed by atoms with E-state index in [1.165, 1.54) is 12.5 Å². The zero-order chi connectivity index (χ0) is 15.9. The molecule has 12 heteroatoms. The van der Waals surface area contributed by atoms with Crippen LogP contribution in [0, 0.1) is 10.1 Å². The fourth-order valence-corrected chi connectivity index (χ4v) is 1.71. The van der Waals surface area contributed by atoms with Gasteiger partial charge in [-0.15, -0.1) is 0 Å². The minimum atomic E-state index is -4.67. The Morgan fingerprint density at radius 1 is 1.33 bits per heavy atom. The third-order valence-electron chi connectivity index (χ3n) is 2.64. The van der Waals surface area contributed by atoms with Crippen LogP contribution in [0.3, 0.4) is 0 Å². The Kier molecular flexibility index (Phi) is 6.64. The zero-order valence-corrected chi connectivity index (χ0v) is 11.8. The molecule has 1 aliphatic heterocycles. The van der Waals surface area contributed by atoms with E-state index >= 15 is 0 Å². The van der Waals surface area contributed by atoms with E-state index in [1.54, 1.807) is 4.57 Å². The normalized spacial score (nSPS) is 16.1. The van der Waals surface area contributed by atoms with Gasteiger partial charge in [0.1, 0.15) is 12.7 Å². The summed E-state index contributed by atoms with van der Waals surface area (Å²) in [6, 6.07) is 0. The Hall–Kier alpha value is -1.60. The van der Waals surface area contributed by atoms with Crippen molar-refractivity contribution in [2.75, 3.05) is 32.8 Å². The number of rotatable bonds is 4.